The Kier molecular flexibility index (Phi) is 4.41. The second-order valence-corrected chi connectivity index (χ2v) is 5.39. The molecule has 5 nitrogen and oxygen atoms in total. The number of anilines is 2. The van der Waals surface area contributed by atoms with E-state index in [2.05, 4.69) is 15.3 Å². The highest BCUT2D eigenvalue weighted by molar-refractivity contribution is 6.30. The van der Waals surface area contributed by atoms with Crippen LogP contribution in [-0.2, 0) is 6.54 Å². The van der Waals surface area contributed by atoms with Crippen molar-refractivity contribution in [2.45, 2.75) is 6.54 Å². The Morgan fingerprint density at radius 1 is 1.00 bits per heavy atom. The quantitative estimate of drug-likeness (QED) is 0.680. The summed E-state index contributed by atoms with van der Waals surface area (Å²) < 4.78 is 0. The zero-order valence-corrected chi connectivity index (χ0v) is 13.0. The molecule has 0 bridgehead atoms. The van der Waals surface area contributed by atoms with Crippen molar-refractivity contribution < 1.29 is 5.11 Å². The van der Waals surface area contributed by atoms with Crippen LogP contribution in [0.4, 0.5) is 11.5 Å². The topological polar surface area (TPSA) is 84.1 Å². The molecule has 3 rings (SSSR count). The van der Waals surface area contributed by atoms with E-state index in [1.807, 2.05) is 24.3 Å². The molecule has 0 unspecified atom stereocenters. The lowest BCUT2D eigenvalue weighted by Gasteiger charge is -2.10. The molecule has 2 aromatic carbocycles. The molecule has 1 heterocycles. The van der Waals surface area contributed by atoms with Crippen LogP contribution in [0.25, 0.3) is 11.3 Å². The molecule has 0 aliphatic heterocycles. The SMILES string of the molecule is NCc1ccc(Nc2ncnc(-c3ccc(Cl)cc3)c2O)cc1. The van der Waals surface area contributed by atoms with E-state index in [-0.39, 0.29) is 5.75 Å². The van der Waals surface area contributed by atoms with Gasteiger partial charge < -0.3 is 16.2 Å². The average Bonchev–Trinajstić information content (AvgIpc) is 2.58. The van der Waals surface area contributed by atoms with Gasteiger partial charge >= 0.3 is 0 Å². The van der Waals surface area contributed by atoms with Crippen LogP contribution in [0.3, 0.4) is 0 Å². The van der Waals surface area contributed by atoms with Gasteiger partial charge in [-0.15, -0.1) is 0 Å². The number of nitrogens with one attached hydrogen (secondary N) is 1. The third-order valence-electron chi connectivity index (χ3n) is 3.39. The lowest BCUT2D eigenvalue weighted by molar-refractivity contribution is 0.475. The Hall–Kier alpha value is -2.63. The molecule has 6 heteroatoms. The lowest BCUT2D eigenvalue weighted by Crippen LogP contribution is -1.99. The minimum absolute atomic E-state index is 0.0160. The molecule has 0 saturated carbocycles. The number of rotatable bonds is 4. The first-order valence-electron chi connectivity index (χ1n) is 7.03. The summed E-state index contributed by atoms with van der Waals surface area (Å²) in [7, 11) is 0. The van der Waals surface area contributed by atoms with Crippen molar-refractivity contribution in [2.75, 3.05) is 5.32 Å². The van der Waals surface area contributed by atoms with Gasteiger partial charge in [-0.1, -0.05) is 35.9 Å². The van der Waals surface area contributed by atoms with E-state index < -0.39 is 0 Å². The number of hydrogen-bond acceptors (Lipinski definition) is 5. The lowest BCUT2D eigenvalue weighted by atomic mass is 10.1. The summed E-state index contributed by atoms with van der Waals surface area (Å²) in [6, 6.07) is 14.7. The van der Waals surface area contributed by atoms with Crippen molar-refractivity contribution in [3.63, 3.8) is 0 Å². The molecule has 23 heavy (non-hydrogen) atoms. The maximum atomic E-state index is 10.4. The van der Waals surface area contributed by atoms with Crippen LogP contribution in [0.15, 0.2) is 54.9 Å². The third kappa shape index (κ3) is 3.41. The second-order valence-electron chi connectivity index (χ2n) is 4.95. The van der Waals surface area contributed by atoms with Crippen LogP contribution >= 0.6 is 11.6 Å². The van der Waals surface area contributed by atoms with Crippen LogP contribution in [0, 0.1) is 0 Å². The maximum Gasteiger partial charge on any atom is 0.185 e. The fraction of sp³-hybridized carbons (Fsp3) is 0.0588. The van der Waals surface area contributed by atoms with E-state index in [1.165, 1.54) is 6.33 Å². The molecule has 1 aromatic heterocycles. The van der Waals surface area contributed by atoms with Gasteiger partial charge in [0.05, 0.1) is 0 Å². The number of aromatic hydroxyl groups is 1. The van der Waals surface area contributed by atoms with Gasteiger partial charge in [-0.05, 0) is 29.8 Å². The van der Waals surface area contributed by atoms with E-state index in [4.69, 9.17) is 17.3 Å². The van der Waals surface area contributed by atoms with Gasteiger partial charge in [0.1, 0.15) is 12.0 Å². The minimum atomic E-state index is -0.0160. The number of nitrogens with two attached hydrogens (primary N) is 1. The second kappa shape index (κ2) is 6.64. The highest BCUT2D eigenvalue weighted by atomic mass is 35.5. The number of nitrogens with zero attached hydrogens (tertiary/aromatic N) is 2. The van der Waals surface area contributed by atoms with Crippen LogP contribution in [0.1, 0.15) is 5.56 Å². The van der Waals surface area contributed by atoms with Gasteiger partial charge in [-0.25, -0.2) is 9.97 Å². The number of halogens is 1. The Morgan fingerprint density at radius 3 is 2.35 bits per heavy atom. The predicted molar refractivity (Wildman–Crippen MR) is 91.8 cm³/mol. The fourth-order valence-electron chi connectivity index (χ4n) is 2.15. The van der Waals surface area contributed by atoms with E-state index in [0.29, 0.717) is 23.1 Å². The Morgan fingerprint density at radius 2 is 1.70 bits per heavy atom. The molecule has 0 fully saturated rings. The monoisotopic (exact) mass is 326 g/mol. The molecule has 3 aromatic rings. The van der Waals surface area contributed by atoms with Crippen molar-refractivity contribution in [3.05, 3.63) is 65.4 Å². The van der Waals surface area contributed by atoms with Crippen LogP contribution in [0.2, 0.25) is 5.02 Å². The summed E-state index contributed by atoms with van der Waals surface area (Å²) in [6.07, 6.45) is 1.40. The molecule has 0 saturated heterocycles. The van der Waals surface area contributed by atoms with Gasteiger partial charge in [0, 0.05) is 22.8 Å². The van der Waals surface area contributed by atoms with Gasteiger partial charge in [-0.3, -0.25) is 0 Å². The Labute approximate surface area is 138 Å². The van der Waals surface area contributed by atoms with Gasteiger partial charge in [0.25, 0.3) is 0 Å². The van der Waals surface area contributed by atoms with E-state index in [9.17, 15) is 5.11 Å². The smallest absolute Gasteiger partial charge is 0.185 e. The summed E-state index contributed by atoms with van der Waals surface area (Å²) in [6.45, 7) is 0.486. The Bertz CT molecular complexity index is 804. The molecule has 0 atom stereocenters. The minimum Gasteiger partial charge on any atom is -0.503 e. The molecule has 0 aliphatic carbocycles. The van der Waals surface area contributed by atoms with Crippen LogP contribution in [0.5, 0.6) is 5.75 Å². The van der Waals surface area contributed by atoms with Crippen molar-refractivity contribution in [2.24, 2.45) is 5.73 Å². The predicted octanol–water partition coefficient (Wildman–Crippen LogP) is 3.70. The van der Waals surface area contributed by atoms with E-state index in [1.54, 1.807) is 24.3 Å². The largest absolute Gasteiger partial charge is 0.503 e. The molecule has 0 spiro atoms. The molecule has 0 aliphatic rings. The normalized spacial score (nSPS) is 10.5. The molecular formula is C17H15ClN4O. The summed E-state index contributed by atoms with van der Waals surface area (Å²) >= 11 is 5.89. The maximum absolute atomic E-state index is 10.4. The number of benzene rings is 2. The highest BCUT2D eigenvalue weighted by Gasteiger charge is 2.12. The van der Waals surface area contributed by atoms with E-state index >= 15 is 0 Å². The summed E-state index contributed by atoms with van der Waals surface area (Å²) in [5, 5.41) is 14.1. The van der Waals surface area contributed by atoms with Crippen molar-refractivity contribution in [3.8, 4) is 17.0 Å². The molecule has 4 N–H and O–H groups in total. The van der Waals surface area contributed by atoms with Crippen molar-refractivity contribution in [1.82, 2.24) is 9.97 Å². The van der Waals surface area contributed by atoms with E-state index in [0.717, 1.165) is 16.8 Å². The zero-order chi connectivity index (χ0) is 16.2. The van der Waals surface area contributed by atoms with Crippen molar-refractivity contribution >= 4 is 23.1 Å². The summed E-state index contributed by atoms with van der Waals surface area (Å²) in [5.74, 6) is 0.322. The first-order chi connectivity index (χ1) is 11.2. The number of hydrogen-bond donors (Lipinski definition) is 3. The first kappa shape index (κ1) is 15.3. The average molecular weight is 327 g/mol. The van der Waals surface area contributed by atoms with Crippen molar-refractivity contribution in [1.29, 1.82) is 0 Å². The van der Waals surface area contributed by atoms with Gasteiger partial charge in [0.15, 0.2) is 11.6 Å². The van der Waals surface area contributed by atoms with Gasteiger partial charge in [-0.2, -0.15) is 0 Å². The standard InChI is InChI=1S/C17H15ClN4O/c18-13-5-3-12(4-6-13)15-16(23)17(21-10-20-15)22-14-7-1-11(9-19)2-8-14/h1-8,10,23H,9,19H2,(H,20,21,22). The van der Waals surface area contributed by atoms with Gasteiger partial charge in [0.2, 0.25) is 0 Å². The summed E-state index contributed by atoms with van der Waals surface area (Å²) in [4.78, 5) is 8.24. The molecule has 0 radical (unpaired) electrons. The summed E-state index contributed by atoms with van der Waals surface area (Å²) in [5.41, 5.74) is 8.62. The first-order valence-corrected chi connectivity index (χ1v) is 7.41. The third-order valence-corrected chi connectivity index (χ3v) is 3.64. The van der Waals surface area contributed by atoms with Crippen LogP contribution in [-0.4, -0.2) is 15.1 Å². The molecular weight excluding hydrogens is 312 g/mol. The molecule has 116 valence electrons. The Balaban J connectivity index is 1.91. The number of aromatic nitrogens is 2. The highest BCUT2D eigenvalue weighted by Crippen LogP contribution is 2.33. The fourth-order valence-corrected chi connectivity index (χ4v) is 2.28. The zero-order valence-electron chi connectivity index (χ0n) is 12.2. The van der Waals surface area contributed by atoms with Crippen LogP contribution < -0.4 is 11.1 Å². The molecule has 0 amide bonds.